The molecule has 0 fully saturated rings. The van der Waals surface area contributed by atoms with Crippen LogP contribution in [-0.4, -0.2) is 17.3 Å². The minimum atomic E-state index is -4.80. The highest BCUT2D eigenvalue weighted by molar-refractivity contribution is 5.94. The number of anilines is 1. The summed E-state index contributed by atoms with van der Waals surface area (Å²) in [7, 11) is 0. The number of nitrogens with one attached hydrogen (secondary N) is 2. The molecule has 0 aliphatic heterocycles. The highest BCUT2D eigenvalue weighted by atomic mass is 19.4. The van der Waals surface area contributed by atoms with Crippen molar-refractivity contribution in [3.05, 3.63) is 53.7 Å². The van der Waals surface area contributed by atoms with E-state index in [9.17, 15) is 18.0 Å². The van der Waals surface area contributed by atoms with E-state index in [4.69, 9.17) is 5.84 Å². The summed E-state index contributed by atoms with van der Waals surface area (Å²) in [6.07, 6.45) is -3.50. The number of hydrazine groups is 1. The Morgan fingerprint density at radius 1 is 1.22 bits per heavy atom. The van der Waals surface area contributed by atoms with Crippen LogP contribution in [0, 0.1) is 0 Å². The van der Waals surface area contributed by atoms with E-state index in [2.05, 4.69) is 20.5 Å². The van der Waals surface area contributed by atoms with Gasteiger partial charge in [0.1, 0.15) is 11.6 Å². The molecule has 0 aliphatic carbocycles. The number of rotatable bonds is 5. The third kappa shape index (κ3) is 4.85. The minimum absolute atomic E-state index is 0.123. The zero-order chi connectivity index (χ0) is 16.9. The van der Waals surface area contributed by atoms with Gasteiger partial charge in [-0.1, -0.05) is 18.2 Å². The smallest absolute Gasteiger partial charge is 0.405 e. The molecule has 0 unspecified atom stereocenters. The monoisotopic (exact) mass is 326 g/mol. The lowest BCUT2D eigenvalue weighted by Crippen LogP contribution is -2.24. The molecule has 0 radical (unpaired) electrons. The van der Waals surface area contributed by atoms with Crippen molar-refractivity contribution in [3.63, 3.8) is 0 Å². The lowest BCUT2D eigenvalue weighted by molar-refractivity contribution is -0.274. The molecule has 23 heavy (non-hydrogen) atoms. The molecule has 0 saturated carbocycles. The van der Waals surface area contributed by atoms with Crippen LogP contribution in [0.5, 0.6) is 5.75 Å². The molecule has 4 N–H and O–H groups in total. The second-order valence-corrected chi connectivity index (χ2v) is 4.41. The number of amides is 1. The van der Waals surface area contributed by atoms with Crippen LogP contribution in [-0.2, 0) is 6.54 Å². The van der Waals surface area contributed by atoms with Crippen LogP contribution < -0.4 is 21.3 Å². The SMILES string of the molecule is NNc1ccc(C(=O)NCc2ccccc2OC(F)(F)F)cn1. The molecule has 0 spiro atoms. The highest BCUT2D eigenvalue weighted by Crippen LogP contribution is 2.26. The molecule has 2 rings (SSSR count). The number of para-hydroxylation sites is 1. The van der Waals surface area contributed by atoms with Crippen LogP contribution in [0.1, 0.15) is 15.9 Å². The van der Waals surface area contributed by atoms with Crippen LogP contribution in [0.25, 0.3) is 0 Å². The number of carbonyl (C=O) groups excluding carboxylic acids is 1. The summed E-state index contributed by atoms with van der Waals surface area (Å²) in [6.45, 7) is -0.123. The van der Waals surface area contributed by atoms with Gasteiger partial charge >= 0.3 is 6.36 Å². The fourth-order valence-corrected chi connectivity index (χ4v) is 1.77. The summed E-state index contributed by atoms with van der Waals surface area (Å²) in [5.74, 6) is 4.70. The van der Waals surface area contributed by atoms with Gasteiger partial charge < -0.3 is 15.5 Å². The number of halogens is 3. The van der Waals surface area contributed by atoms with Gasteiger partial charge in [-0.3, -0.25) is 4.79 Å². The fourth-order valence-electron chi connectivity index (χ4n) is 1.77. The number of nitrogens with two attached hydrogens (primary N) is 1. The predicted molar refractivity (Wildman–Crippen MR) is 76.3 cm³/mol. The van der Waals surface area contributed by atoms with Crippen LogP contribution in [0.15, 0.2) is 42.6 Å². The number of benzene rings is 1. The third-order valence-corrected chi connectivity index (χ3v) is 2.81. The normalized spacial score (nSPS) is 11.0. The van der Waals surface area contributed by atoms with Gasteiger partial charge in [-0.2, -0.15) is 0 Å². The first kappa shape index (κ1) is 16.6. The lowest BCUT2D eigenvalue weighted by atomic mass is 10.2. The van der Waals surface area contributed by atoms with Crippen LogP contribution in [0.3, 0.4) is 0 Å². The summed E-state index contributed by atoms with van der Waals surface area (Å²) < 4.78 is 40.9. The Hall–Kier alpha value is -2.81. The Labute approximate surface area is 129 Å². The number of aromatic nitrogens is 1. The molecule has 6 nitrogen and oxygen atoms in total. The second kappa shape index (κ2) is 6.97. The second-order valence-electron chi connectivity index (χ2n) is 4.41. The molecule has 9 heteroatoms. The first-order valence-electron chi connectivity index (χ1n) is 6.43. The van der Waals surface area contributed by atoms with E-state index in [0.717, 1.165) is 0 Å². The van der Waals surface area contributed by atoms with E-state index >= 15 is 0 Å². The van der Waals surface area contributed by atoms with Gasteiger partial charge in [0.15, 0.2) is 0 Å². The van der Waals surface area contributed by atoms with Gasteiger partial charge in [0.25, 0.3) is 5.91 Å². The summed E-state index contributed by atoms with van der Waals surface area (Å²) >= 11 is 0. The van der Waals surface area contributed by atoms with E-state index in [1.165, 1.54) is 36.5 Å². The number of hydrogen-bond donors (Lipinski definition) is 3. The summed E-state index contributed by atoms with van der Waals surface area (Å²) in [4.78, 5) is 15.8. The Balaban J connectivity index is 2.04. The topological polar surface area (TPSA) is 89.3 Å². The predicted octanol–water partition coefficient (Wildman–Crippen LogP) is 2.20. The molecule has 122 valence electrons. The van der Waals surface area contributed by atoms with Crippen molar-refractivity contribution in [2.75, 3.05) is 5.43 Å². The Morgan fingerprint density at radius 3 is 2.57 bits per heavy atom. The van der Waals surface area contributed by atoms with Gasteiger partial charge in [-0.15, -0.1) is 13.2 Å². The fraction of sp³-hybridized carbons (Fsp3) is 0.143. The zero-order valence-electron chi connectivity index (χ0n) is 11.7. The standard InChI is InChI=1S/C14H13F3N4O2/c15-14(16,17)23-11-4-2-1-3-9(11)7-20-13(22)10-5-6-12(21-18)19-8-10/h1-6,8H,7,18H2,(H,19,21)(H,20,22). The van der Waals surface area contributed by atoms with Crippen molar-refractivity contribution in [1.82, 2.24) is 10.3 Å². The van der Waals surface area contributed by atoms with E-state index in [1.807, 2.05) is 0 Å². The van der Waals surface area contributed by atoms with Crippen molar-refractivity contribution < 1.29 is 22.7 Å². The van der Waals surface area contributed by atoms with E-state index in [0.29, 0.717) is 5.82 Å². The molecule has 0 aliphatic rings. The number of nitrogen functional groups attached to an aromatic ring is 1. The summed E-state index contributed by atoms with van der Waals surface area (Å²) in [5.41, 5.74) is 2.76. The molecule has 2 aromatic rings. The van der Waals surface area contributed by atoms with Crippen molar-refractivity contribution >= 4 is 11.7 Å². The minimum Gasteiger partial charge on any atom is -0.405 e. The molecule has 1 heterocycles. The molecular weight excluding hydrogens is 313 g/mol. The number of alkyl halides is 3. The highest BCUT2D eigenvalue weighted by Gasteiger charge is 2.31. The van der Waals surface area contributed by atoms with Crippen molar-refractivity contribution in [1.29, 1.82) is 0 Å². The number of nitrogens with zero attached hydrogens (tertiary/aromatic N) is 1. The maximum absolute atomic E-state index is 12.3. The molecule has 0 bridgehead atoms. The number of pyridine rings is 1. The van der Waals surface area contributed by atoms with Crippen LogP contribution >= 0.6 is 0 Å². The number of hydrogen-bond acceptors (Lipinski definition) is 5. The van der Waals surface area contributed by atoms with Crippen molar-refractivity contribution in [2.45, 2.75) is 12.9 Å². The molecule has 1 aromatic heterocycles. The van der Waals surface area contributed by atoms with Crippen molar-refractivity contribution in [3.8, 4) is 5.75 Å². The third-order valence-electron chi connectivity index (χ3n) is 2.81. The Kier molecular flexibility index (Phi) is 5.02. The average molecular weight is 326 g/mol. The summed E-state index contributed by atoms with van der Waals surface area (Å²) in [5, 5.41) is 2.50. The van der Waals surface area contributed by atoms with Crippen LogP contribution in [0.4, 0.5) is 19.0 Å². The Morgan fingerprint density at radius 2 is 1.96 bits per heavy atom. The maximum atomic E-state index is 12.3. The largest absolute Gasteiger partial charge is 0.573 e. The first-order valence-corrected chi connectivity index (χ1v) is 6.43. The Bertz CT molecular complexity index is 674. The van der Waals surface area contributed by atoms with Gasteiger partial charge in [-0.05, 0) is 18.2 Å². The molecular formula is C14H13F3N4O2. The molecule has 1 aromatic carbocycles. The zero-order valence-corrected chi connectivity index (χ0v) is 11.7. The van der Waals surface area contributed by atoms with Gasteiger partial charge in [0, 0.05) is 18.3 Å². The first-order chi connectivity index (χ1) is 10.9. The molecule has 1 amide bonds. The lowest BCUT2D eigenvalue weighted by Gasteiger charge is -2.13. The van der Waals surface area contributed by atoms with Crippen LogP contribution in [0.2, 0.25) is 0 Å². The quantitative estimate of drug-likeness (QED) is 0.579. The average Bonchev–Trinajstić information content (AvgIpc) is 2.52. The van der Waals surface area contributed by atoms with E-state index in [1.54, 1.807) is 6.07 Å². The maximum Gasteiger partial charge on any atom is 0.573 e. The van der Waals surface area contributed by atoms with Gasteiger partial charge in [-0.25, -0.2) is 10.8 Å². The summed E-state index contributed by atoms with van der Waals surface area (Å²) in [6, 6.07) is 8.55. The van der Waals surface area contributed by atoms with Gasteiger partial charge in [0.2, 0.25) is 0 Å². The van der Waals surface area contributed by atoms with Crippen molar-refractivity contribution in [2.24, 2.45) is 5.84 Å². The van der Waals surface area contributed by atoms with E-state index < -0.39 is 12.3 Å². The molecule has 0 saturated heterocycles. The molecule has 0 atom stereocenters. The van der Waals surface area contributed by atoms with E-state index in [-0.39, 0.29) is 23.4 Å². The number of ether oxygens (including phenoxy) is 1. The van der Waals surface area contributed by atoms with Gasteiger partial charge in [0.05, 0.1) is 5.56 Å². The number of carbonyl (C=O) groups is 1.